The molecule has 4 aliphatic rings. The molecule has 0 radical (unpaired) electrons. The van der Waals surface area contributed by atoms with E-state index in [1.54, 1.807) is 0 Å². The standard InChI is InChI=1S/C29H15N2OS/c1-4-15-14-16-5-3-12-30-28(16)31-25(15)17(6-1)18-9-10-22-24(26(18)31)29(30)20-11-13-33-27(20)19-7-2-8-21(32-22)23(19)29/h1-13H,14H2/q+1. The molecule has 6 aromatic rings. The van der Waals surface area contributed by atoms with Crippen LogP contribution in [0.1, 0.15) is 27.8 Å². The van der Waals surface area contributed by atoms with Gasteiger partial charge in [-0.25, -0.2) is 4.57 Å². The molecule has 3 aromatic carbocycles. The average Bonchev–Trinajstić information content (AvgIpc) is 3.53. The van der Waals surface area contributed by atoms with Gasteiger partial charge in [0.1, 0.15) is 17.0 Å². The van der Waals surface area contributed by atoms with Crippen LogP contribution in [0.5, 0.6) is 11.5 Å². The fourth-order valence-electron chi connectivity index (χ4n) is 7.27. The number of para-hydroxylation sites is 1. The van der Waals surface area contributed by atoms with E-state index in [2.05, 4.69) is 87.4 Å². The molecule has 3 aliphatic heterocycles. The van der Waals surface area contributed by atoms with Crippen molar-refractivity contribution in [3.63, 3.8) is 0 Å². The first-order chi connectivity index (χ1) is 16.4. The summed E-state index contributed by atoms with van der Waals surface area (Å²) in [4.78, 5) is 1.37. The van der Waals surface area contributed by atoms with E-state index in [1.165, 1.54) is 65.9 Å². The molecule has 10 rings (SSSR count). The molecule has 0 fully saturated rings. The first-order valence-electron chi connectivity index (χ1n) is 11.4. The van der Waals surface area contributed by atoms with E-state index >= 15 is 0 Å². The van der Waals surface area contributed by atoms with Gasteiger partial charge in [0.25, 0.3) is 5.82 Å². The first kappa shape index (κ1) is 15.8. The summed E-state index contributed by atoms with van der Waals surface area (Å²) >= 11 is 1.85. The quantitative estimate of drug-likeness (QED) is 0.255. The third-order valence-electron chi connectivity index (χ3n) is 8.27. The number of ether oxygens (including phenoxy) is 1. The van der Waals surface area contributed by atoms with Crippen molar-refractivity contribution < 1.29 is 9.30 Å². The highest BCUT2D eigenvalue weighted by Crippen LogP contribution is 2.63. The molecular weight excluding hydrogens is 424 g/mol. The third kappa shape index (κ3) is 1.40. The van der Waals surface area contributed by atoms with Crippen molar-refractivity contribution in [3.8, 4) is 27.8 Å². The second-order valence-corrected chi connectivity index (χ2v) is 10.5. The van der Waals surface area contributed by atoms with Crippen molar-refractivity contribution in [1.82, 2.24) is 4.57 Å². The second kappa shape index (κ2) is 4.73. The molecule has 0 amide bonds. The van der Waals surface area contributed by atoms with Crippen LogP contribution in [0.25, 0.3) is 38.1 Å². The van der Waals surface area contributed by atoms with Crippen LogP contribution in [0.15, 0.2) is 78.3 Å². The summed E-state index contributed by atoms with van der Waals surface area (Å²) < 4.78 is 11.8. The maximum atomic E-state index is 6.67. The van der Waals surface area contributed by atoms with Gasteiger partial charge in [0, 0.05) is 44.3 Å². The van der Waals surface area contributed by atoms with Crippen molar-refractivity contribution in [2.45, 2.75) is 12.0 Å². The van der Waals surface area contributed by atoms with E-state index in [0.717, 1.165) is 17.9 Å². The van der Waals surface area contributed by atoms with E-state index < -0.39 is 5.54 Å². The van der Waals surface area contributed by atoms with Crippen molar-refractivity contribution in [3.05, 3.63) is 106 Å². The van der Waals surface area contributed by atoms with Gasteiger partial charge >= 0.3 is 0 Å². The smallest absolute Gasteiger partial charge is 0.291 e. The molecular formula is C29H15N2OS+. The summed E-state index contributed by atoms with van der Waals surface area (Å²) in [6.07, 6.45) is 3.26. The number of rotatable bonds is 0. The normalized spacial score (nSPS) is 19.2. The number of benzene rings is 3. The maximum Gasteiger partial charge on any atom is 0.291 e. The molecule has 1 aliphatic carbocycles. The summed E-state index contributed by atoms with van der Waals surface area (Å²) in [7, 11) is 0. The molecule has 3 nitrogen and oxygen atoms in total. The predicted octanol–water partition coefficient (Wildman–Crippen LogP) is 6.28. The van der Waals surface area contributed by atoms with Crippen LogP contribution in [0.2, 0.25) is 0 Å². The van der Waals surface area contributed by atoms with Gasteiger partial charge in [0.2, 0.25) is 5.54 Å². The molecule has 152 valence electrons. The lowest BCUT2D eigenvalue weighted by Crippen LogP contribution is -2.62. The number of pyridine rings is 1. The number of aromatic nitrogens is 2. The minimum atomic E-state index is -0.401. The minimum Gasteiger partial charge on any atom is -0.456 e. The first-order valence-corrected chi connectivity index (χ1v) is 12.3. The Kier molecular flexibility index (Phi) is 2.27. The number of fused-ring (bicyclic) bond motifs is 3. The zero-order valence-corrected chi connectivity index (χ0v) is 18.2. The van der Waals surface area contributed by atoms with Crippen molar-refractivity contribution in [2.75, 3.05) is 0 Å². The number of thiophene rings is 1. The Morgan fingerprint density at radius 3 is 2.70 bits per heavy atom. The highest BCUT2D eigenvalue weighted by Gasteiger charge is 2.61. The third-order valence-corrected chi connectivity index (χ3v) is 9.22. The SMILES string of the molecule is c1cc2c3c(c1)-c1sccc1C31c3c(ccc4c5cccc6c5n(c34)-c3c(ccc[n+]31)C6)O2. The van der Waals surface area contributed by atoms with Gasteiger partial charge in [0.05, 0.1) is 17.3 Å². The van der Waals surface area contributed by atoms with Gasteiger partial charge in [-0.2, -0.15) is 4.57 Å². The summed E-state index contributed by atoms with van der Waals surface area (Å²) in [5, 5.41) is 4.91. The van der Waals surface area contributed by atoms with Crippen LogP contribution >= 0.6 is 11.3 Å². The van der Waals surface area contributed by atoms with E-state index in [9.17, 15) is 0 Å². The van der Waals surface area contributed by atoms with Crippen LogP contribution < -0.4 is 9.30 Å². The lowest BCUT2D eigenvalue weighted by atomic mass is 9.76. The summed E-state index contributed by atoms with van der Waals surface area (Å²) in [6, 6.07) is 24.7. The highest BCUT2D eigenvalue weighted by molar-refractivity contribution is 7.14. The largest absolute Gasteiger partial charge is 0.456 e. The van der Waals surface area contributed by atoms with Gasteiger partial charge in [-0.15, -0.1) is 11.3 Å². The Hall–Kier alpha value is -3.89. The number of nitrogens with zero attached hydrogens (tertiary/aromatic N) is 2. The van der Waals surface area contributed by atoms with Gasteiger partial charge in [0.15, 0.2) is 5.52 Å². The monoisotopic (exact) mass is 439 g/mol. The lowest BCUT2D eigenvalue weighted by Gasteiger charge is -2.39. The predicted molar refractivity (Wildman–Crippen MR) is 129 cm³/mol. The van der Waals surface area contributed by atoms with Gasteiger partial charge < -0.3 is 4.74 Å². The van der Waals surface area contributed by atoms with Gasteiger partial charge in [-0.05, 0) is 47.8 Å². The van der Waals surface area contributed by atoms with E-state index in [1.807, 2.05) is 11.3 Å². The molecule has 0 saturated carbocycles. The zero-order valence-electron chi connectivity index (χ0n) is 17.4. The van der Waals surface area contributed by atoms with Crippen LogP contribution in [-0.2, 0) is 12.0 Å². The number of hydrogen-bond acceptors (Lipinski definition) is 2. The maximum absolute atomic E-state index is 6.67. The Morgan fingerprint density at radius 2 is 1.70 bits per heavy atom. The van der Waals surface area contributed by atoms with Crippen LogP contribution in [0.4, 0.5) is 0 Å². The Labute approximate surface area is 192 Å². The molecule has 0 N–H and O–H groups in total. The molecule has 6 heterocycles. The minimum absolute atomic E-state index is 0.401. The molecule has 0 saturated heterocycles. The molecule has 3 aromatic heterocycles. The zero-order chi connectivity index (χ0) is 21.1. The van der Waals surface area contributed by atoms with Crippen molar-refractivity contribution >= 4 is 33.1 Å². The molecule has 33 heavy (non-hydrogen) atoms. The fourth-order valence-corrected chi connectivity index (χ4v) is 8.25. The molecule has 1 atom stereocenters. The Morgan fingerprint density at radius 1 is 0.818 bits per heavy atom. The van der Waals surface area contributed by atoms with E-state index in [0.29, 0.717) is 0 Å². The topological polar surface area (TPSA) is 18.0 Å². The molecule has 1 unspecified atom stereocenters. The molecule has 4 heteroatoms. The summed E-state index contributed by atoms with van der Waals surface area (Å²) in [5.41, 5.74) is 10.3. The molecule has 0 bridgehead atoms. The Bertz CT molecular complexity index is 1940. The van der Waals surface area contributed by atoms with Gasteiger partial charge in [-0.1, -0.05) is 24.3 Å². The lowest BCUT2D eigenvalue weighted by molar-refractivity contribution is -0.729. The van der Waals surface area contributed by atoms with Crippen molar-refractivity contribution in [1.29, 1.82) is 0 Å². The van der Waals surface area contributed by atoms with E-state index in [-0.39, 0.29) is 0 Å². The summed E-state index contributed by atoms with van der Waals surface area (Å²) in [6.45, 7) is 0. The number of hydrogen-bond donors (Lipinski definition) is 0. The highest BCUT2D eigenvalue weighted by atomic mass is 32.1. The average molecular weight is 440 g/mol. The fraction of sp³-hybridized carbons (Fsp3) is 0.0690. The molecule has 1 spiro atoms. The second-order valence-electron chi connectivity index (χ2n) is 9.54. The van der Waals surface area contributed by atoms with Crippen molar-refractivity contribution in [2.24, 2.45) is 0 Å². The van der Waals surface area contributed by atoms with Crippen LogP contribution in [-0.4, -0.2) is 4.57 Å². The van der Waals surface area contributed by atoms with Gasteiger partial charge in [-0.3, -0.25) is 0 Å². The summed E-state index contributed by atoms with van der Waals surface area (Å²) in [5.74, 6) is 3.26. The Balaban J connectivity index is 1.60. The van der Waals surface area contributed by atoms with E-state index in [4.69, 9.17) is 4.74 Å². The van der Waals surface area contributed by atoms with Crippen LogP contribution in [0, 0.1) is 0 Å². The van der Waals surface area contributed by atoms with Crippen LogP contribution in [0.3, 0.4) is 0 Å².